The average Bonchev–Trinajstić information content (AvgIpc) is 2.00. The fourth-order valence-corrected chi connectivity index (χ4v) is 0.777. The first-order chi connectivity index (χ1) is 5.49. The molecule has 0 bridgehead atoms. The van der Waals surface area contributed by atoms with Crippen molar-refractivity contribution < 1.29 is 4.79 Å². The van der Waals surface area contributed by atoms with E-state index in [2.05, 4.69) is 5.32 Å². The zero-order valence-electron chi connectivity index (χ0n) is 6.24. The summed E-state index contributed by atoms with van der Waals surface area (Å²) in [5.74, 6) is -0.617. The van der Waals surface area contributed by atoms with Crippen LogP contribution in [0.2, 0.25) is 0 Å². The van der Waals surface area contributed by atoms with Crippen molar-refractivity contribution in [1.82, 2.24) is 5.32 Å². The van der Waals surface area contributed by atoms with E-state index in [0.29, 0.717) is 0 Å². The summed E-state index contributed by atoms with van der Waals surface area (Å²) in [5, 5.41) is 15.7. The zero-order valence-corrected chi connectivity index (χ0v) is 7.75. The van der Waals surface area contributed by atoms with Gasteiger partial charge in [-0.1, -0.05) is 23.2 Å². The van der Waals surface area contributed by atoms with Gasteiger partial charge in [0.2, 0.25) is 0 Å². The highest BCUT2D eigenvalue weighted by Gasteiger charge is 2.10. The molecule has 0 spiro atoms. The van der Waals surface area contributed by atoms with Crippen LogP contribution in [0.4, 0.5) is 0 Å². The maximum absolute atomic E-state index is 10.8. The second kappa shape index (κ2) is 4.90. The lowest BCUT2D eigenvalue weighted by Gasteiger charge is -1.98. The van der Waals surface area contributed by atoms with Crippen molar-refractivity contribution in [2.45, 2.75) is 0 Å². The molecule has 0 saturated carbocycles. The number of hydrogen-bond donors (Lipinski definition) is 3. The van der Waals surface area contributed by atoms with E-state index in [4.69, 9.17) is 34.0 Å². The molecule has 0 aromatic heterocycles. The first kappa shape index (κ1) is 11.1. The minimum Gasteiger partial charge on any atom is -0.354 e. The fraction of sp³-hybridized carbons (Fsp3) is 0.167. The highest BCUT2D eigenvalue weighted by Crippen LogP contribution is 2.04. The number of nitrogens with one attached hydrogen (secondary N) is 3. The van der Waals surface area contributed by atoms with E-state index < -0.39 is 11.6 Å². The van der Waals surface area contributed by atoms with Gasteiger partial charge in [0, 0.05) is 7.05 Å². The highest BCUT2D eigenvalue weighted by atomic mass is 35.5. The van der Waals surface area contributed by atoms with Crippen LogP contribution in [0.1, 0.15) is 0 Å². The van der Waals surface area contributed by atoms with Crippen LogP contribution in [0, 0.1) is 10.8 Å². The first-order valence-corrected chi connectivity index (χ1v) is 3.67. The third-order valence-corrected chi connectivity index (χ3v) is 1.35. The van der Waals surface area contributed by atoms with Crippen molar-refractivity contribution in [2.24, 2.45) is 0 Å². The lowest BCUT2D eigenvalue weighted by atomic mass is 10.3. The van der Waals surface area contributed by atoms with E-state index in [1.165, 1.54) is 7.05 Å². The van der Waals surface area contributed by atoms with E-state index >= 15 is 0 Å². The zero-order chi connectivity index (χ0) is 9.72. The molecule has 12 heavy (non-hydrogen) atoms. The Balaban J connectivity index is 4.50. The Kier molecular flexibility index (Phi) is 4.54. The molecular weight excluding hydrogens is 201 g/mol. The molecule has 1 amide bonds. The van der Waals surface area contributed by atoms with Gasteiger partial charge < -0.3 is 5.32 Å². The number of hydrogen-bond acceptors (Lipinski definition) is 3. The van der Waals surface area contributed by atoms with Crippen molar-refractivity contribution in [1.29, 1.82) is 10.8 Å². The van der Waals surface area contributed by atoms with Crippen LogP contribution in [0.5, 0.6) is 0 Å². The summed E-state index contributed by atoms with van der Waals surface area (Å²) in [4.78, 5) is 10.8. The minimum atomic E-state index is -0.617. The van der Waals surface area contributed by atoms with Crippen molar-refractivity contribution in [2.75, 3.05) is 7.05 Å². The molecule has 4 nitrogen and oxygen atoms in total. The molecule has 0 rings (SSSR count). The van der Waals surface area contributed by atoms with Gasteiger partial charge in [-0.05, 0) is 6.08 Å². The molecule has 3 N–H and O–H groups in total. The van der Waals surface area contributed by atoms with Crippen LogP contribution >= 0.6 is 23.2 Å². The molecule has 66 valence electrons. The molecule has 0 atom stereocenters. The van der Waals surface area contributed by atoms with Crippen molar-refractivity contribution in [3.05, 3.63) is 11.1 Å². The summed E-state index contributed by atoms with van der Waals surface area (Å²) in [6.45, 7) is 0. The quantitative estimate of drug-likeness (QED) is 0.596. The maximum atomic E-state index is 10.8. The van der Waals surface area contributed by atoms with Crippen molar-refractivity contribution >= 4 is 40.0 Å². The molecule has 0 heterocycles. The molecule has 0 aromatic rings. The normalized spacial score (nSPS) is 10.8. The smallest absolute Gasteiger partial charge is 0.270 e. The van der Waals surface area contributed by atoms with Crippen molar-refractivity contribution in [3.63, 3.8) is 0 Å². The first-order valence-electron chi connectivity index (χ1n) is 2.91. The molecule has 6 heteroatoms. The summed E-state index contributed by atoms with van der Waals surface area (Å²) < 4.78 is 0. The Morgan fingerprint density at radius 2 is 1.92 bits per heavy atom. The molecule has 0 fully saturated rings. The third-order valence-electron chi connectivity index (χ3n) is 0.946. The SMILES string of the molecule is CNC(=O)C(=N)/C(Cl)=C\C(=N)Cl. The van der Waals surface area contributed by atoms with Gasteiger partial charge in [-0.2, -0.15) is 0 Å². The van der Waals surface area contributed by atoms with Crippen LogP contribution < -0.4 is 5.32 Å². The largest absolute Gasteiger partial charge is 0.354 e. The summed E-state index contributed by atoms with van der Waals surface area (Å²) in [6, 6.07) is 0. The molecule has 0 aliphatic heterocycles. The predicted molar refractivity (Wildman–Crippen MR) is 49.3 cm³/mol. The van der Waals surface area contributed by atoms with E-state index in [9.17, 15) is 4.79 Å². The molecule has 0 saturated heterocycles. The molecule has 0 aliphatic carbocycles. The van der Waals surface area contributed by atoms with Crippen LogP contribution in [-0.4, -0.2) is 23.8 Å². The summed E-state index contributed by atoms with van der Waals surface area (Å²) in [5.41, 5.74) is -0.412. The van der Waals surface area contributed by atoms with Gasteiger partial charge in [-0.25, -0.2) is 0 Å². The van der Waals surface area contributed by atoms with Gasteiger partial charge in [0.15, 0.2) is 0 Å². The summed E-state index contributed by atoms with van der Waals surface area (Å²) in [6.07, 6.45) is 1.01. The van der Waals surface area contributed by atoms with E-state index in [1.807, 2.05) is 0 Å². The van der Waals surface area contributed by atoms with Gasteiger partial charge in [0.25, 0.3) is 5.91 Å². The van der Waals surface area contributed by atoms with Gasteiger partial charge in [0.05, 0.1) is 5.03 Å². The van der Waals surface area contributed by atoms with Crippen molar-refractivity contribution in [3.8, 4) is 0 Å². The minimum absolute atomic E-state index is 0.158. The topological polar surface area (TPSA) is 76.8 Å². The Morgan fingerprint density at radius 1 is 1.42 bits per heavy atom. The third kappa shape index (κ3) is 3.50. The number of allylic oxidation sites excluding steroid dienone is 1. The van der Waals surface area contributed by atoms with Gasteiger partial charge >= 0.3 is 0 Å². The second-order valence-electron chi connectivity index (χ2n) is 1.79. The lowest BCUT2D eigenvalue weighted by Crippen LogP contribution is -2.27. The fourth-order valence-electron chi connectivity index (χ4n) is 0.417. The van der Waals surface area contributed by atoms with Crippen LogP contribution in [-0.2, 0) is 4.79 Å². The number of carbonyl (C=O) groups excluding carboxylic acids is 1. The summed E-state index contributed by atoms with van der Waals surface area (Å²) in [7, 11) is 1.38. The molecule has 0 aromatic carbocycles. The average molecular weight is 208 g/mol. The van der Waals surface area contributed by atoms with Crippen LogP contribution in [0.25, 0.3) is 0 Å². The Morgan fingerprint density at radius 3 is 2.25 bits per heavy atom. The summed E-state index contributed by atoms with van der Waals surface area (Å²) >= 11 is 10.6. The highest BCUT2D eigenvalue weighted by molar-refractivity contribution is 6.69. The number of halogens is 2. The standard InChI is InChI=1S/C6H7Cl2N3O/c1-11-6(12)5(10)3(7)2-4(8)9/h2,9-10H,1H3,(H,11,12)/b3-2+,9-4?,10-5?. The van der Waals surface area contributed by atoms with Gasteiger partial charge in [-0.3, -0.25) is 15.6 Å². The Bertz CT molecular complexity index is 260. The van der Waals surface area contributed by atoms with E-state index in [-0.39, 0.29) is 10.2 Å². The Labute approximate surface area is 79.6 Å². The van der Waals surface area contributed by atoms with Gasteiger partial charge in [0.1, 0.15) is 10.9 Å². The van der Waals surface area contributed by atoms with E-state index in [0.717, 1.165) is 6.08 Å². The number of amides is 1. The molecule has 0 radical (unpaired) electrons. The maximum Gasteiger partial charge on any atom is 0.270 e. The van der Waals surface area contributed by atoms with Gasteiger partial charge in [-0.15, -0.1) is 0 Å². The molecular formula is C6H7Cl2N3O. The monoisotopic (exact) mass is 207 g/mol. The lowest BCUT2D eigenvalue weighted by molar-refractivity contribution is -0.114. The predicted octanol–water partition coefficient (Wildman–Crippen LogP) is 1.09. The molecule has 0 aliphatic rings. The second-order valence-corrected chi connectivity index (χ2v) is 2.61. The Hall–Kier alpha value is -0.870. The van der Waals surface area contributed by atoms with E-state index in [1.54, 1.807) is 0 Å². The number of carbonyl (C=O) groups is 1. The van der Waals surface area contributed by atoms with Crippen LogP contribution in [0.15, 0.2) is 11.1 Å². The van der Waals surface area contributed by atoms with Crippen LogP contribution in [0.3, 0.4) is 0 Å². The number of rotatable bonds is 3. The molecule has 0 unspecified atom stereocenters.